The van der Waals surface area contributed by atoms with E-state index in [1.807, 2.05) is 11.8 Å². The fourth-order valence-electron chi connectivity index (χ4n) is 2.31. The zero-order valence-corrected chi connectivity index (χ0v) is 14.5. The summed E-state index contributed by atoms with van der Waals surface area (Å²) in [5.41, 5.74) is 0. The van der Waals surface area contributed by atoms with E-state index in [1.54, 1.807) is 0 Å². The molecule has 0 saturated heterocycles. The molecule has 0 spiro atoms. The fraction of sp³-hybridized carbons (Fsp3) is 0.889. The van der Waals surface area contributed by atoms with Gasteiger partial charge >= 0.3 is 0 Å². The lowest BCUT2D eigenvalue weighted by atomic mass is 10.1. The summed E-state index contributed by atoms with van der Waals surface area (Å²) < 4.78 is 0. The van der Waals surface area contributed by atoms with Gasteiger partial charge in [-0.2, -0.15) is 0 Å². The highest BCUT2D eigenvalue weighted by molar-refractivity contribution is 8.03. The maximum atomic E-state index is 8.72. The lowest BCUT2D eigenvalue weighted by molar-refractivity contribution is 0.285. The number of hydrogen-bond acceptors (Lipinski definition) is 2. The van der Waals surface area contributed by atoms with Gasteiger partial charge in [0.25, 0.3) is 0 Å². The lowest BCUT2D eigenvalue weighted by Gasteiger charge is -2.05. The van der Waals surface area contributed by atoms with Crippen molar-refractivity contribution >= 4 is 11.8 Å². The molecule has 0 unspecified atom stereocenters. The molecule has 0 aliphatic rings. The Labute approximate surface area is 131 Å². The summed E-state index contributed by atoms with van der Waals surface area (Å²) in [5, 5.41) is 8.72. The van der Waals surface area contributed by atoms with Gasteiger partial charge in [-0.1, -0.05) is 71.3 Å². The summed E-state index contributed by atoms with van der Waals surface area (Å²) in [6.07, 6.45) is 17.1. The van der Waals surface area contributed by atoms with Crippen molar-refractivity contribution in [2.75, 3.05) is 12.4 Å². The molecule has 0 bridgehead atoms. The first-order valence-electron chi connectivity index (χ1n) is 8.72. The zero-order chi connectivity index (χ0) is 14.9. The summed E-state index contributed by atoms with van der Waals surface area (Å²) in [6, 6.07) is 0. The SMILES string of the molecule is C=C(CCCCO)SCCCCCCCCCCCC. The summed E-state index contributed by atoms with van der Waals surface area (Å²) in [5.74, 6) is 1.23. The van der Waals surface area contributed by atoms with E-state index in [1.165, 1.54) is 74.9 Å². The monoisotopic (exact) mass is 300 g/mol. The van der Waals surface area contributed by atoms with Gasteiger partial charge in [-0.3, -0.25) is 0 Å². The van der Waals surface area contributed by atoms with Gasteiger partial charge in [-0.05, 0) is 36.3 Å². The van der Waals surface area contributed by atoms with Crippen LogP contribution in [0.15, 0.2) is 11.5 Å². The third-order valence-electron chi connectivity index (χ3n) is 3.67. The Kier molecular flexibility index (Phi) is 17.1. The van der Waals surface area contributed by atoms with Crippen molar-refractivity contribution in [1.29, 1.82) is 0 Å². The first-order chi connectivity index (χ1) is 9.81. The molecule has 0 aromatic heterocycles. The summed E-state index contributed by atoms with van der Waals surface area (Å²) in [7, 11) is 0. The van der Waals surface area contributed by atoms with Crippen molar-refractivity contribution in [2.45, 2.75) is 90.4 Å². The number of unbranched alkanes of at least 4 members (excludes halogenated alkanes) is 10. The average molecular weight is 301 g/mol. The Hall–Kier alpha value is 0.0500. The Morgan fingerprint density at radius 2 is 1.35 bits per heavy atom. The summed E-state index contributed by atoms with van der Waals surface area (Å²) in [6.45, 7) is 6.68. The second kappa shape index (κ2) is 17.1. The number of allylic oxidation sites excluding steroid dienone is 1. The number of rotatable bonds is 16. The third-order valence-corrected chi connectivity index (χ3v) is 4.77. The first kappa shape index (κ1) is 20.1. The van der Waals surface area contributed by atoms with Gasteiger partial charge in [0.15, 0.2) is 0 Å². The minimum Gasteiger partial charge on any atom is -0.396 e. The molecule has 0 aromatic rings. The van der Waals surface area contributed by atoms with Gasteiger partial charge in [0.05, 0.1) is 0 Å². The molecule has 0 aromatic carbocycles. The summed E-state index contributed by atoms with van der Waals surface area (Å²) >= 11 is 1.93. The van der Waals surface area contributed by atoms with Gasteiger partial charge in [-0.15, -0.1) is 11.8 Å². The molecule has 0 aliphatic carbocycles. The van der Waals surface area contributed by atoms with E-state index in [0.29, 0.717) is 6.61 Å². The average Bonchev–Trinajstić information content (AvgIpc) is 2.45. The largest absolute Gasteiger partial charge is 0.396 e. The number of aliphatic hydroxyl groups is 1. The molecule has 1 N–H and O–H groups in total. The normalized spacial score (nSPS) is 10.9. The molecule has 0 rings (SSSR count). The van der Waals surface area contributed by atoms with Crippen LogP contribution in [0.3, 0.4) is 0 Å². The van der Waals surface area contributed by atoms with Crippen LogP contribution in [0.5, 0.6) is 0 Å². The maximum absolute atomic E-state index is 8.72. The maximum Gasteiger partial charge on any atom is 0.0431 e. The Morgan fingerprint density at radius 1 is 0.800 bits per heavy atom. The molecule has 0 radical (unpaired) electrons. The van der Waals surface area contributed by atoms with Crippen molar-refractivity contribution in [2.24, 2.45) is 0 Å². The molecule has 120 valence electrons. The molecular formula is C18H36OS. The Balaban J connectivity index is 3.07. The van der Waals surface area contributed by atoms with E-state index in [-0.39, 0.29) is 0 Å². The quantitative estimate of drug-likeness (QED) is 0.337. The molecule has 20 heavy (non-hydrogen) atoms. The number of thioether (sulfide) groups is 1. The van der Waals surface area contributed by atoms with Crippen LogP contribution in [-0.4, -0.2) is 17.5 Å². The molecule has 0 heterocycles. The van der Waals surface area contributed by atoms with E-state index in [9.17, 15) is 0 Å². The standard InChI is InChI=1S/C18H36OS/c1-3-4-5-6-7-8-9-10-11-14-17-20-18(2)15-12-13-16-19/h19H,2-17H2,1H3. The Morgan fingerprint density at radius 3 is 1.90 bits per heavy atom. The van der Waals surface area contributed by atoms with E-state index in [4.69, 9.17) is 5.11 Å². The first-order valence-corrected chi connectivity index (χ1v) is 9.71. The second-order valence-corrected chi connectivity index (χ2v) is 7.02. The van der Waals surface area contributed by atoms with Crippen LogP contribution in [-0.2, 0) is 0 Å². The third kappa shape index (κ3) is 16.1. The van der Waals surface area contributed by atoms with E-state index < -0.39 is 0 Å². The van der Waals surface area contributed by atoms with Crippen LogP contribution in [0.2, 0.25) is 0 Å². The van der Waals surface area contributed by atoms with Gasteiger partial charge in [0.1, 0.15) is 0 Å². The molecule has 2 heteroatoms. The molecular weight excluding hydrogens is 264 g/mol. The van der Waals surface area contributed by atoms with Gasteiger partial charge in [0, 0.05) is 6.61 Å². The Bertz CT molecular complexity index is 204. The van der Waals surface area contributed by atoms with Gasteiger partial charge < -0.3 is 5.11 Å². The summed E-state index contributed by atoms with van der Waals surface area (Å²) in [4.78, 5) is 1.30. The highest BCUT2D eigenvalue weighted by Gasteiger charge is 1.97. The lowest BCUT2D eigenvalue weighted by Crippen LogP contribution is -1.86. The molecule has 0 atom stereocenters. The fourth-order valence-corrected chi connectivity index (χ4v) is 3.24. The predicted molar refractivity (Wildman–Crippen MR) is 94.4 cm³/mol. The van der Waals surface area contributed by atoms with Crippen LogP contribution in [0.1, 0.15) is 90.4 Å². The van der Waals surface area contributed by atoms with Gasteiger partial charge in [0.2, 0.25) is 0 Å². The van der Waals surface area contributed by atoms with Crippen LogP contribution in [0.4, 0.5) is 0 Å². The predicted octanol–water partition coefficient (Wildman–Crippen LogP) is 6.32. The van der Waals surface area contributed by atoms with Crippen LogP contribution < -0.4 is 0 Å². The van der Waals surface area contributed by atoms with Crippen LogP contribution >= 0.6 is 11.8 Å². The van der Waals surface area contributed by atoms with Gasteiger partial charge in [-0.25, -0.2) is 0 Å². The number of hydrogen-bond donors (Lipinski definition) is 1. The topological polar surface area (TPSA) is 20.2 Å². The molecule has 0 aliphatic heterocycles. The van der Waals surface area contributed by atoms with E-state index in [2.05, 4.69) is 13.5 Å². The van der Waals surface area contributed by atoms with Crippen LogP contribution in [0.25, 0.3) is 0 Å². The minimum absolute atomic E-state index is 0.316. The van der Waals surface area contributed by atoms with E-state index in [0.717, 1.165) is 19.3 Å². The molecule has 1 nitrogen and oxygen atoms in total. The van der Waals surface area contributed by atoms with Crippen molar-refractivity contribution in [3.05, 3.63) is 11.5 Å². The van der Waals surface area contributed by atoms with Crippen molar-refractivity contribution in [3.63, 3.8) is 0 Å². The van der Waals surface area contributed by atoms with Crippen molar-refractivity contribution in [3.8, 4) is 0 Å². The molecule has 0 fully saturated rings. The van der Waals surface area contributed by atoms with E-state index >= 15 is 0 Å². The van der Waals surface area contributed by atoms with Crippen molar-refractivity contribution < 1.29 is 5.11 Å². The highest BCUT2D eigenvalue weighted by atomic mass is 32.2. The molecule has 0 amide bonds. The minimum atomic E-state index is 0.316. The highest BCUT2D eigenvalue weighted by Crippen LogP contribution is 2.21. The molecule has 0 saturated carbocycles. The van der Waals surface area contributed by atoms with Crippen molar-refractivity contribution in [1.82, 2.24) is 0 Å². The van der Waals surface area contributed by atoms with Crippen LogP contribution in [0, 0.1) is 0 Å². The second-order valence-electron chi connectivity index (χ2n) is 5.75. The smallest absolute Gasteiger partial charge is 0.0431 e. The zero-order valence-electron chi connectivity index (χ0n) is 13.7. The number of aliphatic hydroxyl groups excluding tert-OH is 1.